The number of nitrogens with two attached hydrogens (primary N) is 1. The number of hydrogen-bond acceptors (Lipinski definition) is 2. The van der Waals surface area contributed by atoms with Crippen LogP contribution in [0.5, 0.6) is 0 Å². The minimum Gasteiger partial charge on any atom is -0.399 e. The van der Waals surface area contributed by atoms with E-state index in [9.17, 15) is 13.2 Å². The van der Waals surface area contributed by atoms with E-state index in [1.807, 2.05) is 13.0 Å². The molecule has 3 N–H and O–H groups in total. The van der Waals surface area contributed by atoms with Crippen molar-refractivity contribution < 1.29 is 13.2 Å². The van der Waals surface area contributed by atoms with Crippen molar-refractivity contribution in [2.75, 3.05) is 11.1 Å². The third-order valence-electron chi connectivity index (χ3n) is 3.24. The molecule has 0 bridgehead atoms. The topological polar surface area (TPSA) is 38.0 Å². The van der Waals surface area contributed by atoms with Crippen molar-refractivity contribution >= 4 is 27.3 Å². The van der Waals surface area contributed by atoms with Crippen LogP contribution < -0.4 is 11.1 Å². The summed E-state index contributed by atoms with van der Waals surface area (Å²) in [6.07, 6.45) is -4.41. The van der Waals surface area contributed by atoms with Crippen LogP contribution in [0, 0.1) is 6.92 Å². The Morgan fingerprint density at radius 1 is 1.19 bits per heavy atom. The minimum absolute atomic E-state index is 0.0486. The molecule has 0 radical (unpaired) electrons. The quantitative estimate of drug-likeness (QED) is 0.760. The maximum absolute atomic E-state index is 13.0. The first-order valence-electron chi connectivity index (χ1n) is 6.23. The Labute approximate surface area is 129 Å². The first-order valence-corrected chi connectivity index (χ1v) is 7.03. The van der Waals surface area contributed by atoms with Gasteiger partial charge in [-0.1, -0.05) is 28.1 Å². The van der Waals surface area contributed by atoms with Crippen molar-refractivity contribution in [2.45, 2.75) is 19.6 Å². The summed E-state index contributed by atoms with van der Waals surface area (Å²) in [5.41, 5.74) is 7.51. The zero-order chi connectivity index (χ0) is 15.6. The Morgan fingerprint density at radius 2 is 1.90 bits per heavy atom. The van der Waals surface area contributed by atoms with Crippen molar-refractivity contribution in [3.05, 3.63) is 57.6 Å². The summed E-state index contributed by atoms with van der Waals surface area (Å²) in [6.45, 7) is 2.13. The summed E-state index contributed by atoms with van der Waals surface area (Å²) in [6, 6.07) is 9.43. The van der Waals surface area contributed by atoms with Gasteiger partial charge in [-0.15, -0.1) is 0 Å². The van der Waals surface area contributed by atoms with E-state index in [0.29, 0.717) is 10.2 Å². The molecule has 0 saturated heterocycles. The molecular weight excluding hydrogens is 345 g/mol. The molecule has 0 saturated carbocycles. The molecule has 21 heavy (non-hydrogen) atoms. The summed E-state index contributed by atoms with van der Waals surface area (Å²) in [7, 11) is 0. The highest BCUT2D eigenvalue weighted by atomic mass is 79.9. The molecule has 2 aromatic rings. The molecule has 2 nitrogen and oxygen atoms in total. The predicted molar refractivity (Wildman–Crippen MR) is 82.1 cm³/mol. The van der Waals surface area contributed by atoms with Gasteiger partial charge in [0.1, 0.15) is 0 Å². The predicted octanol–water partition coefficient (Wildman–Crippen LogP) is 4.97. The van der Waals surface area contributed by atoms with E-state index in [1.54, 1.807) is 18.2 Å². The van der Waals surface area contributed by atoms with Crippen LogP contribution in [0.1, 0.15) is 16.7 Å². The van der Waals surface area contributed by atoms with E-state index in [0.717, 1.165) is 17.2 Å². The van der Waals surface area contributed by atoms with Crippen LogP contribution in [0.4, 0.5) is 24.5 Å². The molecule has 0 heterocycles. The van der Waals surface area contributed by atoms with Crippen LogP contribution in [0.25, 0.3) is 0 Å². The minimum atomic E-state index is -4.41. The highest BCUT2D eigenvalue weighted by molar-refractivity contribution is 9.10. The standard InChI is InChI=1S/C15H14BrF3N2/c1-9-10(3-2-4-13(9)20)8-21-14-6-5-11(16)7-12(14)15(17,18)19/h2-7,21H,8,20H2,1H3. The molecule has 0 amide bonds. The van der Waals surface area contributed by atoms with Crippen molar-refractivity contribution in [1.82, 2.24) is 0 Å². The molecule has 0 aliphatic rings. The summed E-state index contributed by atoms with van der Waals surface area (Å²) in [4.78, 5) is 0. The van der Waals surface area contributed by atoms with Crippen LogP contribution >= 0.6 is 15.9 Å². The molecule has 0 atom stereocenters. The van der Waals surface area contributed by atoms with E-state index < -0.39 is 11.7 Å². The third-order valence-corrected chi connectivity index (χ3v) is 3.74. The van der Waals surface area contributed by atoms with E-state index in [4.69, 9.17) is 5.73 Å². The van der Waals surface area contributed by atoms with Crippen LogP contribution in [-0.2, 0) is 12.7 Å². The number of benzene rings is 2. The number of nitrogens with one attached hydrogen (secondary N) is 1. The number of halogens is 4. The zero-order valence-corrected chi connectivity index (χ0v) is 12.8. The lowest BCUT2D eigenvalue weighted by Crippen LogP contribution is -2.11. The molecule has 6 heteroatoms. The Morgan fingerprint density at radius 3 is 2.57 bits per heavy atom. The van der Waals surface area contributed by atoms with Gasteiger partial charge in [0.25, 0.3) is 0 Å². The number of anilines is 2. The lowest BCUT2D eigenvalue weighted by molar-refractivity contribution is -0.137. The maximum atomic E-state index is 13.0. The fourth-order valence-electron chi connectivity index (χ4n) is 1.99. The second-order valence-electron chi connectivity index (χ2n) is 4.67. The Bertz CT molecular complexity index is 654. The van der Waals surface area contributed by atoms with Gasteiger partial charge in [-0.3, -0.25) is 0 Å². The maximum Gasteiger partial charge on any atom is 0.418 e. The lowest BCUT2D eigenvalue weighted by Gasteiger charge is -2.16. The zero-order valence-electron chi connectivity index (χ0n) is 11.3. The first kappa shape index (κ1) is 15.7. The molecular formula is C15H14BrF3N2. The summed E-state index contributed by atoms with van der Waals surface area (Å²) < 4.78 is 39.4. The molecule has 0 fully saturated rings. The van der Waals surface area contributed by atoms with Crippen molar-refractivity contribution in [1.29, 1.82) is 0 Å². The number of nitrogen functional groups attached to an aromatic ring is 1. The second-order valence-corrected chi connectivity index (χ2v) is 5.59. The smallest absolute Gasteiger partial charge is 0.399 e. The van der Waals surface area contributed by atoms with Gasteiger partial charge < -0.3 is 11.1 Å². The summed E-state index contributed by atoms with van der Waals surface area (Å²) >= 11 is 3.06. The Hall–Kier alpha value is -1.69. The lowest BCUT2D eigenvalue weighted by atomic mass is 10.1. The van der Waals surface area contributed by atoms with E-state index >= 15 is 0 Å². The van der Waals surface area contributed by atoms with Crippen molar-refractivity contribution in [2.24, 2.45) is 0 Å². The molecule has 112 valence electrons. The van der Waals surface area contributed by atoms with E-state index in [-0.39, 0.29) is 12.2 Å². The Balaban J connectivity index is 2.26. The van der Waals surface area contributed by atoms with E-state index in [1.165, 1.54) is 6.07 Å². The monoisotopic (exact) mass is 358 g/mol. The molecule has 0 aliphatic carbocycles. The molecule has 0 aliphatic heterocycles. The average Bonchev–Trinajstić information content (AvgIpc) is 2.40. The van der Waals surface area contributed by atoms with Crippen molar-refractivity contribution in [3.63, 3.8) is 0 Å². The van der Waals surface area contributed by atoms with Gasteiger partial charge in [0.05, 0.1) is 5.56 Å². The third kappa shape index (κ3) is 3.69. The van der Waals surface area contributed by atoms with Crippen LogP contribution in [0.3, 0.4) is 0 Å². The molecule has 0 unspecified atom stereocenters. The molecule has 0 spiro atoms. The van der Waals surface area contributed by atoms with Gasteiger partial charge in [0, 0.05) is 22.4 Å². The normalized spacial score (nSPS) is 11.5. The fraction of sp³-hybridized carbons (Fsp3) is 0.200. The molecule has 0 aromatic heterocycles. The largest absolute Gasteiger partial charge is 0.418 e. The Kier molecular flexibility index (Phi) is 4.46. The SMILES string of the molecule is Cc1c(N)cccc1CNc1ccc(Br)cc1C(F)(F)F. The van der Waals surface area contributed by atoms with E-state index in [2.05, 4.69) is 21.2 Å². The second kappa shape index (κ2) is 5.97. The highest BCUT2D eigenvalue weighted by Gasteiger charge is 2.33. The number of alkyl halides is 3. The number of rotatable bonds is 3. The molecule has 2 rings (SSSR count). The van der Waals surface area contributed by atoms with Gasteiger partial charge in [0.15, 0.2) is 0 Å². The fourth-order valence-corrected chi connectivity index (χ4v) is 2.35. The summed E-state index contributed by atoms with van der Waals surface area (Å²) in [5.74, 6) is 0. The summed E-state index contributed by atoms with van der Waals surface area (Å²) in [5, 5.41) is 2.83. The average molecular weight is 359 g/mol. The van der Waals surface area contributed by atoms with Gasteiger partial charge in [-0.2, -0.15) is 13.2 Å². The van der Waals surface area contributed by atoms with Gasteiger partial charge in [-0.25, -0.2) is 0 Å². The van der Waals surface area contributed by atoms with Gasteiger partial charge in [-0.05, 0) is 42.3 Å². The van der Waals surface area contributed by atoms with Gasteiger partial charge in [0.2, 0.25) is 0 Å². The highest BCUT2D eigenvalue weighted by Crippen LogP contribution is 2.36. The van der Waals surface area contributed by atoms with Crippen LogP contribution in [-0.4, -0.2) is 0 Å². The van der Waals surface area contributed by atoms with Crippen LogP contribution in [0.15, 0.2) is 40.9 Å². The first-order chi connectivity index (χ1) is 9.79. The molecule has 2 aromatic carbocycles. The van der Waals surface area contributed by atoms with Gasteiger partial charge >= 0.3 is 6.18 Å². The van der Waals surface area contributed by atoms with Crippen molar-refractivity contribution in [3.8, 4) is 0 Å². The number of hydrogen-bond donors (Lipinski definition) is 2. The van der Waals surface area contributed by atoms with Crippen LogP contribution in [0.2, 0.25) is 0 Å².